The number of nitrogens with one attached hydrogen (secondary N) is 1. The van der Waals surface area contributed by atoms with Gasteiger partial charge in [-0.3, -0.25) is 4.68 Å². The van der Waals surface area contributed by atoms with Crippen molar-refractivity contribution in [2.75, 3.05) is 18.6 Å². The Morgan fingerprint density at radius 3 is 2.87 bits per heavy atom. The lowest BCUT2D eigenvalue weighted by atomic mass is 10.4. The first-order valence-electron chi connectivity index (χ1n) is 4.92. The monoisotopic (exact) mass is 231 g/mol. The van der Waals surface area contributed by atoms with E-state index >= 15 is 0 Å². The van der Waals surface area contributed by atoms with Crippen LogP contribution in [0.4, 0.5) is 0 Å². The molecule has 0 bridgehead atoms. The van der Waals surface area contributed by atoms with Gasteiger partial charge in [0, 0.05) is 19.0 Å². The summed E-state index contributed by atoms with van der Waals surface area (Å²) in [6, 6.07) is 1.89. The minimum absolute atomic E-state index is 0.134. The number of hydrogen-bond donors (Lipinski definition) is 1. The molecule has 1 N–H and O–H groups in total. The molecule has 6 heteroatoms. The number of hydrogen-bond acceptors (Lipinski definition) is 4. The van der Waals surface area contributed by atoms with E-state index in [1.54, 1.807) is 10.9 Å². The predicted octanol–water partition coefficient (Wildman–Crippen LogP) is 0.0372. The van der Waals surface area contributed by atoms with Crippen molar-refractivity contribution in [3.05, 3.63) is 18.0 Å². The molecule has 1 heterocycles. The normalized spacial score (nSPS) is 11.9. The lowest BCUT2D eigenvalue weighted by Crippen LogP contribution is -2.14. The van der Waals surface area contributed by atoms with Gasteiger partial charge in [0.15, 0.2) is 0 Å². The highest BCUT2D eigenvalue weighted by Crippen LogP contribution is 1.96. The van der Waals surface area contributed by atoms with Gasteiger partial charge in [0.05, 0.1) is 18.0 Å². The molecule has 5 nitrogen and oxygen atoms in total. The first-order chi connectivity index (χ1) is 7.01. The summed E-state index contributed by atoms with van der Waals surface area (Å²) < 4.78 is 23.5. The van der Waals surface area contributed by atoms with Gasteiger partial charge in [-0.25, -0.2) is 8.42 Å². The van der Waals surface area contributed by atoms with Gasteiger partial charge < -0.3 is 5.32 Å². The molecule has 0 aliphatic carbocycles. The zero-order valence-corrected chi connectivity index (χ0v) is 9.92. The molecule has 0 atom stereocenters. The molecular weight excluding hydrogens is 214 g/mol. The second-order valence-corrected chi connectivity index (χ2v) is 5.74. The Morgan fingerprint density at radius 2 is 2.27 bits per heavy atom. The van der Waals surface area contributed by atoms with E-state index in [4.69, 9.17) is 0 Å². The van der Waals surface area contributed by atoms with E-state index in [9.17, 15) is 8.42 Å². The third-order valence-electron chi connectivity index (χ3n) is 1.94. The number of sulfone groups is 1. The van der Waals surface area contributed by atoms with E-state index in [1.165, 1.54) is 6.26 Å². The Kier molecular flexibility index (Phi) is 4.28. The van der Waals surface area contributed by atoms with Crippen LogP contribution in [-0.2, 0) is 22.9 Å². The molecule has 0 aliphatic rings. The Labute approximate surface area is 90.4 Å². The summed E-state index contributed by atoms with van der Waals surface area (Å²) in [5.41, 5.74) is 0.936. The van der Waals surface area contributed by atoms with Crippen molar-refractivity contribution in [1.29, 1.82) is 0 Å². The van der Waals surface area contributed by atoms with Gasteiger partial charge in [0.25, 0.3) is 0 Å². The largest absolute Gasteiger partial charge is 0.311 e. The molecule has 15 heavy (non-hydrogen) atoms. The molecule has 0 radical (unpaired) electrons. The molecule has 0 spiro atoms. The molecule has 0 saturated heterocycles. The number of aromatic nitrogens is 2. The van der Waals surface area contributed by atoms with Crippen LogP contribution < -0.4 is 5.32 Å². The van der Waals surface area contributed by atoms with Gasteiger partial charge in [-0.05, 0) is 12.6 Å². The minimum Gasteiger partial charge on any atom is -0.311 e. The van der Waals surface area contributed by atoms with Crippen molar-refractivity contribution in [1.82, 2.24) is 15.1 Å². The fourth-order valence-corrected chi connectivity index (χ4v) is 1.65. The first kappa shape index (κ1) is 12.2. The lowest BCUT2D eigenvalue weighted by Gasteiger charge is -2.00. The van der Waals surface area contributed by atoms with Crippen LogP contribution in [0.25, 0.3) is 0 Å². The van der Waals surface area contributed by atoms with Crippen molar-refractivity contribution < 1.29 is 8.42 Å². The molecule has 1 rings (SSSR count). The second kappa shape index (κ2) is 5.27. The Hall–Kier alpha value is -0.880. The quantitative estimate of drug-likeness (QED) is 0.750. The molecule has 1 aromatic heterocycles. The summed E-state index contributed by atoms with van der Waals surface area (Å²) in [5.74, 6) is 0.134. The van der Waals surface area contributed by atoms with Crippen molar-refractivity contribution >= 4 is 9.84 Å². The number of rotatable bonds is 6. The van der Waals surface area contributed by atoms with Gasteiger partial charge in [-0.15, -0.1) is 0 Å². The average Bonchev–Trinajstić information content (AvgIpc) is 2.58. The van der Waals surface area contributed by atoms with Gasteiger partial charge in [-0.1, -0.05) is 6.92 Å². The van der Waals surface area contributed by atoms with Gasteiger partial charge in [0.2, 0.25) is 0 Å². The van der Waals surface area contributed by atoms with Gasteiger partial charge >= 0.3 is 0 Å². The van der Waals surface area contributed by atoms with Crippen LogP contribution in [0.1, 0.15) is 12.6 Å². The highest BCUT2D eigenvalue weighted by Gasteiger charge is 2.03. The van der Waals surface area contributed by atoms with Crippen LogP contribution in [0.15, 0.2) is 12.3 Å². The zero-order valence-electron chi connectivity index (χ0n) is 9.10. The van der Waals surface area contributed by atoms with Gasteiger partial charge in [-0.2, -0.15) is 5.10 Å². The van der Waals surface area contributed by atoms with E-state index in [2.05, 4.69) is 10.4 Å². The first-order valence-corrected chi connectivity index (χ1v) is 6.98. The highest BCUT2D eigenvalue weighted by atomic mass is 32.2. The van der Waals surface area contributed by atoms with Crippen LogP contribution in [0.3, 0.4) is 0 Å². The number of nitrogens with zero attached hydrogens (tertiary/aromatic N) is 2. The molecule has 0 fully saturated rings. The predicted molar refractivity (Wildman–Crippen MR) is 59.3 cm³/mol. The smallest absolute Gasteiger partial charge is 0.149 e. The SMILES string of the molecule is CCNCc1ccn(CCS(C)(=O)=O)n1. The number of aryl methyl sites for hydroxylation is 1. The maximum absolute atomic E-state index is 10.9. The van der Waals surface area contributed by atoms with Crippen LogP contribution >= 0.6 is 0 Å². The summed E-state index contributed by atoms with van der Waals surface area (Å²) in [6.45, 7) is 4.07. The summed E-state index contributed by atoms with van der Waals surface area (Å²) in [7, 11) is -2.91. The topological polar surface area (TPSA) is 64.0 Å². The van der Waals surface area contributed by atoms with E-state index in [0.717, 1.165) is 18.8 Å². The molecule has 0 aliphatic heterocycles. The summed E-state index contributed by atoms with van der Waals surface area (Å²) in [4.78, 5) is 0. The maximum Gasteiger partial charge on any atom is 0.149 e. The molecule has 1 aromatic rings. The summed E-state index contributed by atoms with van der Waals surface area (Å²) >= 11 is 0. The third-order valence-corrected chi connectivity index (χ3v) is 2.87. The minimum atomic E-state index is -2.91. The second-order valence-electron chi connectivity index (χ2n) is 3.48. The van der Waals surface area contributed by atoms with E-state index in [-0.39, 0.29) is 5.75 Å². The average molecular weight is 231 g/mol. The lowest BCUT2D eigenvalue weighted by molar-refractivity contribution is 0.582. The molecule has 86 valence electrons. The highest BCUT2D eigenvalue weighted by molar-refractivity contribution is 7.90. The fraction of sp³-hybridized carbons (Fsp3) is 0.667. The Bertz CT molecular complexity index is 397. The maximum atomic E-state index is 10.9. The summed E-state index contributed by atoms with van der Waals surface area (Å²) in [5, 5.41) is 7.40. The van der Waals surface area contributed by atoms with Crippen LogP contribution in [0.5, 0.6) is 0 Å². The van der Waals surface area contributed by atoms with Crippen LogP contribution in [-0.4, -0.2) is 36.8 Å². The van der Waals surface area contributed by atoms with Crippen LogP contribution in [0.2, 0.25) is 0 Å². The zero-order chi connectivity index (χ0) is 11.3. The third kappa shape index (κ3) is 4.94. The fourth-order valence-electron chi connectivity index (χ4n) is 1.13. The van der Waals surface area contributed by atoms with Crippen molar-refractivity contribution in [2.45, 2.75) is 20.0 Å². The Morgan fingerprint density at radius 1 is 1.53 bits per heavy atom. The molecular formula is C9H17N3O2S. The van der Waals surface area contributed by atoms with Crippen molar-refractivity contribution in [3.8, 4) is 0 Å². The van der Waals surface area contributed by atoms with E-state index < -0.39 is 9.84 Å². The van der Waals surface area contributed by atoms with E-state index in [0.29, 0.717) is 6.54 Å². The Balaban J connectivity index is 2.46. The van der Waals surface area contributed by atoms with Crippen molar-refractivity contribution in [3.63, 3.8) is 0 Å². The summed E-state index contributed by atoms with van der Waals surface area (Å²) in [6.07, 6.45) is 3.04. The molecule has 0 aromatic carbocycles. The van der Waals surface area contributed by atoms with Crippen molar-refractivity contribution in [2.24, 2.45) is 0 Å². The van der Waals surface area contributed by atoms with Gasteiger partial charge in [0.1, 0.15) is 9.84 Å². The van der Waals surface area contributed by atoms with E-state index in [1.807, 2.05) is 13.0 Å². The molecule has 0 unspecified atom stereocenters. The molecule has 0 amide bonds. The van der Waals surface area contributed by atoms with Crippen LogP contribution in [0, 0.1) is 0 Å². The molecule has 0 saturated carbocycles. The standard InChI is InChI=1S/C9H17N3O2S/c1-3-10-8-9-4-5-12(11-9)6-7-15(2,13)14/h4-5,10H,3,6-8H2,1-2H3.